The molecule has 2 aromatic carbocycles. The lowest BCUT2D eigenvalue weighted by Gasteiger charge is -2.46. The molecule has 1 saturated carbocycles. The summed E-state index contributed by atoms with van der Waals surface area (Å²) in [6.45, 7) is 5.33. The number of morpholine rings is 1. The molecule has 4 heterocycles. The summed E-state index contributed by atoms with van der Waals surface area (Å²) in [5, 5.41) is 6.84. The zero-order chi connectivity index (χ0) is 27.1. The Kier molecular flexibility index (Phi) is 6.91. The third-order valence-corrected chi connectivity index (χ3v) is 8.81. The van der Waals surface area contributed by atoms with Crippen molar-refractivity contribution in [3.8, 4) is 11.5 Å². The van der Waals surface area contributed by atoms with Gasteiger partial charge < -0.3 is 24.3 Å². The third kappa shape index (κ3) is 4.84. The number of carbonyl (C=O) groups is 2. The van der Waals surface area contributed by atoms with Crippen molar-refractivity contribution in [2.75, 3.05) is 57.4 Å². The number of hydrogen-bond donors (Lipinski definition) is 2. The standard InChI is InChI=1S/C30H36N6O4/c37-27-22-8-4-5-9-23(22)31-30(33-27)36-12-10-35(11-13-36)29(38)21-18-24(34-14-16-39-17-15-34)26-25(19-21)40-28(32-26)20-6-2-1-3-7-20/h1-3,6-7,18-19,22-23,30-31H,4-5,8-17H2,(H,33,37). The molecular formula is C30H36N6O4. The lowest BCUT2D eigenvalue weighted by molar-refractivity contribution is -0.134. The van der Waals surface area contributed by atoms with Gasteiger partial charge in [0, 0.05) is 56.4 Å². The Labute approximate surface area is 233 Å². The average Bonchev–Trinajstić information content (AvgIpc) is 3.46. The van der Waals surface area contributed by atoms with Crippen molar-refractivity contribution in [3.63, 3.8) is 0 Å². The fourth-order valence-corrected chi connectivity index (χ4v) is 6.58. The minimum atomic E-state index is -0.168. The van der Waals surface area contributed by atoms with Crippen LogP contribution in [0.15, 0.2) is 46.9 Å². The van der Waals surface area contributed by atoms with E-state index in [2.05, 4.69) is 20.4 Å². The number of carbonyl (C=O) groups excluding carboxylic acids is 2. The van der Waals surface area contributed by atoms with Gasteiger partial charge in [0.1, 0.15) is 11.8 Å². The van der Waals surface area contributed by atoms with Crippen LogP contribution in [0, 0.1) is 5.92 Å². The lowest BCUT2D eigenvalue weighted by atomic mass is 9.82. The molecule has 1 aromatic heterocycles. The van der Waals surface area contributed by atoms with E-state index in [1.165, 1.54) is 6.42 Å². The number of anilines is 1. The number of nitrogens with one attached hydrogen (secondary N) is 2. The Bertz CT molecular complexity index is 1380. The Balaban J connectivity index is 1.10. The van der Waals surface area contributed by atoms with Gasteiger partial charge in [-0.25, -0.2) is 4.98 Å². The van der Waals surface area contributed by atoms with E-state index in [0.29, 0.717) is 56.4 Å². The van der Waals surface area contributed by atoms with E-state index in [-0.39, 0.29) is 30.1 Å². The molecule has 40 heavy (non-hydrogen) atoms. The molecule has 3 unspecified atom stereocenters. The summed E-state index contributed by atoms with van der Waals surface area (Å²) in [7, 11) is 0. The van der Waals surface area contributed by atoms with E-state index in [4.69, 9.17) is 14.1 Å². The maximum atomic E-state index is 13.8. The molecule has 3 saturated heterocycles. The molecule has 7 rings (SSSR count). The molecule has 2 N–H and O–H groups in total. The molecule has 0 spiro atoms. The highest BCUT2D eigenvalue weighted by molar-refractivity contribution is 6.01. The summed E-state index contributed by atoms with van der Waals surface area (Å²) in [6.07, 6.45) is 4.15. The molecule has 210 valence electrons. The highest BCUT2D eigenvalue weighted by Gasteiger charge is 2.40. The highest BCUT2D eigenvalue weighted by atomic mass is 16.5. The number of hydrogen-bond acceptors (Lipinski definition) is 8. The van der Waals surface area contributed by atoms with E-state index >= 15 is 0 Å². The summed E-state index contributed by atoms with van der Waals surface area (Å²) >= 11 is 0. The largest absolute Gasteiger partial charge is 0.436 e. The number of aromatic nitrogens is 1. The van der Waals surface area contributed by atoms with Crippen LogP contribution in [-0.4, -0.2) is 91.4 Å². The minimum Gasteiger partial charge on any atom is -0.436 e. The third-order valence-electron chi connectivity index (χ3n) is 8.81. The Morgan fingerprint density at radius 3 is 2.52 bits per heavy atom. The van der Waals surface area contributed by atoms with Gasteiger partial charge in [-0.15, -0.1) is 0 Å². The Hall–Kier alpha value is -3.47. The molecule has 4 aliphatic rings. The summed E-state index contributed by atoms with van der Waals surface area (Å²) in [5.41, 5.74) is 3.79. The number of nitrogens with zero attached hydrogens (tertiary/aromatic N) is 4. The van der Waals surface area contributed by atoms with Gasteiger partial charge in [-0.1, -0.05) is 31.0 Å². The van der Waals surface area contributed by atoms with Crippen LogP contribution in [-0.2, 0) is 9.53 Å². The summed E-state index contributed by atoms with van der Waals surface area (Å²) in [5.74, 6) is 0.784. The molecule has 10 heteroatoms. The minimum absolute atomic E-state index is 0.0123. The van der Waals surface area contributed by atoms with E-state index in [1.54, 1.807) is 0 Å². The first-order valence-electron chi connectivity index (χ1n) is 14.6. The van der Waals surface area contributed by atoms with Crippen LogP contribution in [0.4, 0.5) is 5.69 Å². The average molecular weight is 545 g/mol. The van der Waals surface area contributed by atoms with E-state index < -0.39 is 0 Å². The molecule has 0 radical (unpaired) electrons. The van der Waals surface area contributed by atoms with Crippen molar-refractivity contribution in [3.05, 3.63) is 48.0 Å². The first-order chi connectivity index (χ1) is 19.6. The number of ether oxygens (including phenoxy) is 1. The lowest BCUT2D eigenvalue weighted by Crippen LogP contribution is -2.69. The van der Waals surface area contributed by atoms with Crippen molar-refractivity contribution >= 4 is 28.6 Å². The maximum absolute atomic E-state index is 13.8. The summed E-state index contributed by atoms with van der Waals surface area (Å²) in [4.78, 5) is 37.8. The molecule has 2 amide bonds. The molecule has 10 nitrogen and oxygen atoms in total. The quantitative estimate of drug-likeness (QED) is 0.517. The van der Waals surface area contributed by atoms with Crippen LogP contribution < -0.4 is 15.5 Å². The molecule has 3 aliphatic heterocycles. The van der Waals surface area contributed by atoms with Gasteiger partial charge in [-0.05, 0) is 37.1 Å². The normalized spacial score (nSPS) is 26.0. The van der Waals surface area contributed by atoms with Crippen LogP contribution in [0.25, 0.3) is 22.6 Å². The number of rotatable bonds is 4. The maximum Gasteiger partial charge on any atom is 0.254 e. The summed E-state index contributed by atoms with van der Waals surface area (Å²) < 4.78 is 11.8. The zero-order valence-electron chi connectivity index (χ0n) is 22.7. The van der Waals surface area contributed by atoms with Crippen LogP contribution >= 0.6 is 0 Å². The van der Waals surface area contributed by atoms with Crippen molar-refractivity contribution in [2.24, 2.45) is 5.92 Å². The van der Waals surface area contributed by atoms with Crippen LogP contribution in [0.1, 0.15) is 36.0 Å². The smallest absolute Gasteiger partial charge is 0.254 e. The second kappa shape index (κ2) is 10.8. The summed E-state index contributed by atoms with van der Waals surface area (Å²) in [6, 6.07) is 13.9. The first-order valence-corrected chi connectivity index (χ1v) is 14.6. The van der Waals surface area contributed by atoms with Crippen LogP contribution in [0.2, 0.25) is 0 Å². The van der Waals surface area contributed by atoms with Gasteiger partial charge in [0.05, 0.1) is 24.8 Å². The molecule has 3 aromatic rings. The fraction of sp³-hybridized carbons (Fsp3) is 0.500. The van der Waals surface area contributed by atoms with Gasteiger partial charge in [-0.3, -0.25) is 19.8 Å². The van der Waals surface area contributed by atoms with Crippen LogP contribution in [0.3, 0.4) is 0 Å². The predicted octanol–water partition coefficient (Wildman–Crippen LogP) is 2.65. The van der Waals surface area contributed by atoms with Crippen molar-refractivity contribution < 1.29 is 18.7 Å². The number of piperazine rings is 1. The first kappa shape index (κ1) is 25.5. The number of fused-ring (bicyclic) bond motifs is 2. The predicted molar refractivity (Wildman–Crippen MR) is 151 cm³/mol. The monoisotopic (exact) mass is 544 g/mol. The fourth-order valence-electron chi connectivity index (χ4n) is 6.58. The van der Waals surface area contributed by atoms with Crippen molar-refractivity contribution in [1.82, 2.24) is 25.4 Å². The second-order valence-corrected chi connectivity index (χ2v) is 11.2. The molecule has 1 aliphatic carbocycles. The topological polar surface area (TPSA) is 103 Å². The molecule has 3 atom stereocenters. The van der Waals surface area contributed by atoms with Crippen molar-refractivity contribution in [2.45, 2.75) is 38.0 Å². The number of benzene rings is 2. The highest BCUT2D eigenvalue weighted by Crippen LogP contribution is 2.34. The van der Waals surface area contributed by atoms with Gasteiger partial charge in [-0.2, -0.15) is 0 Å². The molecular weight excluding hydrogens is 508 g/mol. The Morgan fingerprint density at radius 1 is 0.950 bits per heavy atom. The second-order valence-electron chi connectivity index (χ2n) is 11.2. The van der Waals surface area contributed by atoms with Gasteiger partial charge in [0.15, 0.2) is 5.58 Å². The SMILES string of the molecule is O=C1NC(N2CCN(C(=O)c3cc(N4CCOCC4)c4nc(-c5ccccc5)oc4c3)CC2)NC2CCCCC12. The molecule has 0 bridgehead atoms. The van der Waals surface area contributed by atoms with E-state index in [9.17, 15) is 9.59 Å². The zero-order valence-corrected chi connectivity index (χ0v) is 22.7. The van der Waals surface area contributed by atoms with E-state index in [0.717, 1.165) is 49.1 Å². The van der Waals surface area contributed by atoms with Gasteiger partial charge >= 0.3 is 0 Å². The van der Waals surface area contributed by atoms with Crippen LogP contribution in [0.5, 0.6) is 0 Å². The molecule has 4 fully saturated rings. The number of amides is 2. The van der Waals surface area contributed by atoms with Crippen molar-refractivity contribution in [1.29, 1.82) is 0 Å². The van der Waals surface area contributed by atoms with Gasteiger partial charge in [0.25, 0.3) is 5.91 Å². The Morgan fingerprint density at radius 2 is 1.73 bits per heavy atom. The number of oxazole rings is 1. The van der Waals surface area contributed by atoms with Gasteiger partial charge in [0.2, 0.25) is 11.8 Å². The van der Waals surface area contributed by atoms with E-state index in [1.807, 2.05) is 47.4 Å².